The number of aryl methyl sites for hydroxylation is 1. The predicted octanol–water partition coefficient (Wildman–Crippen LogP) is 2.00. The maximum atomic E-state index is 13.1. The number of anilines is 1. The quantitative estimate of drug-likeness (QED) is 0.369. The van der Waals surface area contributed by atoms with E-state index in [4.69, 9.17) is 5.73 Å². The first-order valence-electron chi connectivity index (χ1n) is 3.80. The van der Waals surface area contributed by atoms with Crippen LogP contribution in [-0.2, 0) is 0 Å². The maximum absolute atomic E-state index is 13.1. The van der Waals surface area contributed by atoms with Crippen molar-refractivity contribution in [2.75, 3.05) is 11.5 Å². The zero-order valence-electron chi connectivity index (χ0n) is 7.26. The van der Waals surface area contributed by atoms with Crippen molar-refractivity contribution < 1.29 is 4.39 Å². The van der Waals surface area contributed by atoms with Crippen LogP contribution in [-0.4, -0.2) is 5.75 Å². The van der Waals surface area contributed by atoms with Gasteiger partial charge in [-0.2, -0.15) is 12.6 Å². The molecular weight excluding hydrogens is 185 g/mol. The van der Waals surface area contributed by atoms with Crippen molar-refractivity contribution >= 4 is 18.3 Å². The summed E-state index contributed by atoms with van der Waals surface area (Å²) in [7, 11) is 0. The van der Waals surface area contributed by atoms with Crippen molar-refractivity contribution in [2.24, 2.45) is 0 Å². The van der Waals surface area contributed by atoms with Crippen LogP contribution in [0.2, 0.25) is 0 Å². The van der Waals surface area contributed by atoms with Crippen LogP contribution in [0.1, 0.15) is 11.1 Å². The largest absolute Gasteiger partial charge is 0.398 e. The lowest BCUT2D eigenvalue weighted by atomic mass is 10.1. The van der Waals surface area contributed by atoms with Crippen molar-refractivity contribution in [1.29, 1.82) is 0 Å². The van der Waals surface area contributed by atoms with Crippen molar-refractivity contribution in [3.63, 3.8) is 0 Å². The highest BCUT2D eigenvalue weighted by atomic mass is 32.1. The molecule has 0 aromatic heterocycles. The molecule has 0 aliphatic rings. The van der Waals surface area contributed by atoms with Gasteiger partial charge in [-0.15, -0.1) is 0 Å². The minimum Gasteiger partial charge on any atom is -0.398 e. The third kappa shape index (κ3) is 2.40. The Labute approximate surface area is 82.6 Å². The van der Waals surface area contributed by atoms with Crippen molar-refractivity contribution in [3.8, 4) is 11.8 Å². The first kappa shape index (κ1) is 9.94. The second-order valence-electron chi connectivity index (χ2n) is 2.65. The van der Waals surface area contributed by atoms with E-state index in [2.05, 4.69) is 24.5 Å². The molecule has 0 saturated heterocycles. The summed E-state index contributed by atoms with van der Waals surface area (Å²) in [6, 6.07) is 2.93. The molecule has 68 valence electrons. The summed E-state index contributed by atoms with van der Waals surface area (Å²) in [5, 5.41) is 0. The molecule has 0 fully saturated rings. The van der Waals surface area contributed by atoms with Gasteiger partial charge in [-0.1, -0.05) is 11.8 Å². The molecule has 0 saturated carbocycles. The highest BCUT2D eigenvalue weighted by Gasteiger charge is 2.02. The molecule has 13 heavy (non-hydrogen) atoms. The van der Waals surface area contributed by atoms with Crippen LogP contribution in [0.3, 0.4) is 0 Å². The SMILES string of the molecule is Cc1cc(C#CCS)c(F)cc1N. The smallest absolute Gasteiger partial charge is 0.140 e. The van der Waals surface area contributed by atoms with Gasteiger partial charge in [-0.25, -0.2) is 4.39 Å². The van der Waals surface area contributed by atoms with E-state index in [1.807, 2.05) is 6.92 Å². The van der Waals surface area contributed by atoms with E-state index < -0.39 is 0 Å². The Morgan fingerprint density at radius 2 is 2.23 bits per heavy atom. The number of rotatable bonds is 0. The first-order chi connectivity index (χ1) is 6.15. The van der Waals surface area contributed by atoms with Crippen LogP contribution in [0.4, 0.5) is 10.1 Å². The van der Waals surface area contributed by atoms with Gasteiger partial charge in [0.15, 0.2) is 0 Å². The lowest BCUT2D eigenvalue weighted by molar-refractivity contribution is 0.624. The number of benzene rings is 1. The number of hydrogen-bond donors (Lipinski definition) is 2. The van der Waals surface area contributed by atoms with Crippen LogP contribution < -0.4 is 5.73 Å². The fourth-order valence-corrected chi connectivity index (χ4v) is 1.01. The summed E-state index contributed by atoms with van der Waals surface area (Å²) in [5.74, 6) is 5.40. The lowest BCUT2D eigenvalue weighted by Crippen LogP contribution is -1.93. The molecule has 1 nitrogen and oxygen atoms in total. The highest BCUT2D eigenvalue weighted by molar-refractivity contribution is 7.80. The molecule has 3 heteroatoms. The zero-order chi connectivity index (χ0) is 9.84. The monoisotopic (exact) mass is 195 g/mol. The maximum Gasteiger partial charge on any atom is 0.140 e. The van der Waals surface area contributed by atoms with Gasteiger partial charge in [0, 0.05) is 5.69 Å². The first-order valence-corrected chi connectivity index (χ1v) is 4.43. The topological polar surface area (TPSA) is 26.0 Å². The molecule has 2 N–H and O–H groups in total. The number of halogens is 1. The summed E-state index contributed by atoms with van der Waals surface area (Å²) < 4.78 is 13.1. The van der Waals surface area contributed by atoms with Crippen LogP contribution in [0.25, 0.3) is 0 Å². The van der Waals surface area contributed by atoms with E-state index >= 15 is 0 Å². The molecule has 0 aliphatic heterocycles. The van der Waals surface area contributed by atoms with E-state index in [9.17, 15) is 4.39 Å². The molecule has 1 aromatic carbocycles. The van der Waals surface area contributed by atoms with Gasteiger partial charge in [0.25, 0.3) is 0 Å². The van der Waals surface area contributed by atoms with E-state index in [0.717, 1.165) is 5.56 Å². The van der Waals surface area contributed by atoms with Crippen molar-refractivity contribution in [1.82, 2.24) is 0 Å². The standard InChI is InChI=1S/C10H10FNS/c1-7-5-8(3-2-4-13)9(11)6-10(7)12/h5-6,13H,4,12H2,1H3. The van der Waals surface area contributed by atoms with Gasteiger partial charge in [-0.3, -0.25) is 0 Å². The molecule has 0 amide bonds. The molecule has 0 heterocycles. The molecule has 1 rings (SSSR count). The lowest BCUT2D eigenvalue weighted by Gasteiger charge is -2.01. The molecule has 0 unspecified atom stereocenters. The normalized spacial score (nSPS) is 9.15. The number of nitrogens with two attached hydrogens (primary N) is 1. The molecule has 0 bridgehead atoms. The third-order valence-corrected chi connectivity index (χ3v) is 1.82. The zero-order valence-corrected chi connectivity index (χ0v) is 8.16. The summed E-state index contributed by atoms with van der Waals surface area (Å²) in [6.45, 7) is 1.82. The average molecular weight is 195 g/mol. The van der Waals surface area contributed by atoms with Gasteiger partial charge in [0.05, 0.1) is 11.3 Å². The molecule has 0 spiro atoms. The Bertz CT molecular complexity index is 376. The Morgan fingerprint density at radius 1 is 1.54 bits per heavy atom. The van der Waals surface area contributed by atoms with Gasteiger partial charge in [0.2, 0.25) is 0 Å². The fraction of sp³-hybridized carbons (Fsp3) is 0.200. The van der Waals surface area contributed by atoms with Gasteiger partial charge in [-0.05, 0) is 24.6 Å². The van der Waals surface area contributed by atoms with Crippen molar-refractivity contribution in [2.45, 2.75) is 6.92 Å². The van der Waals surface area contributed by atoms with E-state index in [1.54, 1.807) is 6.07 Å². The van der Waals surface area contributed by atoms with Gasteiger partial charge < -0.3 is 5.73 Å². The molecule has 0 atom stereocenters. The minimum absolute atomic E-state index is 0.376. The van der Waals surface area contributed by atoms with Crippen LogP contribution in [0.15, 0.2) is 12.1 Å². The number of hydrogen-bond acceptors (Lipinski definition) is 2. The highest BCUT2D eigenvalue weighted by Crippen LogP contribution is 2.15. The van der Waals surface area contributed by atoms with E-state index in [0.29, 0.717) is 17.0 Å². The second-order valence-corrected chi connectivity index (χ2v) is 2.96. The van der Waals surface area contributed by atoms with Crippen LogP contribution >= 0.6 is 12.6 Å². The van der Waals surface area contributed by atoms with Crippen LogP contribution in [0.5, 0.6) is 0 Å². The molecular formula is C10H10FNS. The summed E-state index contributed by atoms with van der Waals surface area (Å²) in [4.78, 5) is 0. The second kappa shape index (κ2) is 4.20. The van der Waals surface area contributed by atoms with Gasteiger partial charge >= 0.3 is 0 Å². The molecule has 0 radical (unpaired) electrons. The minimum atomic E-state index is -0.377. The van der Waals surface area contributed by atoms with Crippen LogP contribution in [0, 0.1) is 24.6 Å². The Hall–Kier alpha value is -1.14. The summed E-state index contributed by atoms with van der Waals surface area (Å²) in [5.41, 5.74) is 7.18. The number of nitrogen functional groups attached to an aromatic ring is 1. The van der Waals surface area contributed by atoms with Gasteiger partial charge in [0.1, 0.15) is 5.82 Å². The van der Waals surface area contributed by atoms with E-state index in [1.165, 1.54) is 6.07 Å². The summed E-state index contributed by atoms with van der Waals surface area (Å²) >= 11 is 3.91. The Balaban J connectivity index is 3.16. The molecule has 0 aliphatic carbocycles. The average Bonchev–Trinajstić information content (AvgIpc) is 2.09. The number of thiol groups is 1. The third-order valence-electron chi connectivity index (χ3n) is 1.66. The molecule has 1 aromatic rings. The summed E-state index contributed by atoms with van der Waals surface area (Å²) in [6.07, 6.45) is 0. The Kier molecular flexibility index (Phi) is 3.21. The predicted molar refractivity (Wildman–Crippen MR) is 56.3 cm³/mol. The van der Waals surface area contributed by atoms with E-state index in [-0.39, 0.29) is 5.82 Å². The van der Waals surface area contributed by atoms with Crippen molar-refractivity contribution in [3.05, 3.63) is 29.1 Å². The Morgan fingerprint density at radius 3 is 2.85 bits per heavy atom. The fourth-order valence-electron chi connectivity index (χ4n) is 0.927.